The van der Waals surface area contributed by atoms with Gasteiger partial charge in [0, 0.05) is 9.81 Å². The summed E-state index contributed by atoms with van der Waals surface area (Å²) < 4.78 is 1.18. The highest BCUT2D eigenvalue weighted by molar-refractivity contribution is 8.21. The molecule has 1 aliphatic carbocycles. The molecule has 0 fully saturated rings. The van der Waals surface area contributed by atoms with Crippen molar-refractivity contribution in [3.63, 3.8) is 0 Å². The van der Waals surface area contributed by atoms with Crippen LogP contribution >= 0.6 is 34.9 Å². The van der Waals surface area contributed by atoms with Crippen molar-refractivity contribution in [2.75, 3.05) is 12.5 Å². The molecule has 0 atom stereocenters. The maximum atomic E-state index is 12.2. The Morgan fingerprint density at radius 2 is 2.07 bits per heavy atom. The number of hydrogen-bond acceptors (Lipinski definition) is 4. The monoisotopic (exact) mass is 256 g/mol. The highest BCUT2D eigenvalue weighted by Gasteiger charge is 2.25. The standard InChI is InChI=1S/C11H12OS3/c1-13-11(14-2)8-4-3-7-5-6-15-10(7)9(8)12/h5-6H,3-4H2,1-2H3. The third-order valence-electron chi connectivity index (χ3n) is 2.49. The smallest absolute Gasteiger partial charge is 0.200 e. The minimum Gasteiger partial charge on any atom is -0.288 e. The van der Waals surface area contributed by atoms with E-state index in [2.05, 4.69) is 6.07 Å². The third-order valence-corrected chi connectivity index (χ3v) is 5.68. The molecular weight excluding hydrogens is 244 g/mol. The van der Waals surface area contributed by atoms with E-state index in [0.29, 0.717) is 0 Å². The van der Waals surface area contributed by atoms with E-state index in [9.17, 15) is 4.79 Å². The van der Waals surface area contributed by atoms with E-state index in [-0.39, 0.29) is 5.78 Å². The number of carbonyl (C=O) groups excluding carboxylic acids is 1. The molecule has 1 nitrogen and oxygen atoms in total. The number of thiophene rings is 1. The predicted octanol–water partition coefficient (Wildman–Crippen LogP) is 3.81. The van der Waals surface area contributed by atoms with Crippen LogP contribution in [0.25, 0.3) is 0 Å². The molecule has 80 valence electrons. The molecule has 1 heterocycles. The van der Waals surface area contributed by atoms with Gasteiger partial charge >= 0.3 is 0 Å². The molecule has 0 saturated heterocycles. The van der Waals surface area contributed by atoms with Crippen LogP contribution in [0.15, 0.2) is 21.3 Å². The Bertz CT molecular complexity index is 411. The van der Waals surface area contributed by atoms with Crippen molar-refractivity contribution in [3.8, 4) is 0 Å². The molecule has 1 aliphatic rings. The number of rotatable bonds is 2. The van der Waals surface area contributed by atoms with Gasteiger partial charge < -0.3 is 0 Å². The number of fused-ring (bicyclic) bond motifs is 1. The molecule has 1 aromatic heterocycles. The lowest BCUT2D eigenvalue weighted by Crippen LogP contribution is -2.12. The van der Waals surface area contributed by atoms with Gasteiger partial charge in [0.05, 0.1) is 4.88 Å². The maximum Gasteiger partial charge on any atom is 0.200 e. The lowest BCUT2D eigenvalue weighted by atomic mass is 9.94. The summed E-state index contributed by atoms with van der Waals surface area (Å²) in [6.45, 7) is 0. The summed E-state index contributed by atoms with van der Waals surface area (Å²) >= 11 is 4.94. The van der Waals surface area contributed by atoms with E-state index in [1.807, 2.05) is 17.9 Å². The quantitative estimate of drug-likeness (QED) is 0.749. The fourth-order valence-electron chi connectivity index (χ4n) is 1.77. The fraction of sp³-hybridized carbons (Fsp3) is 0.364. The summed E-state index contributed by atoms with van der Waals surface area (Å²) in [5.41, 5.74) is 2.25. The Balaban J connectivity index is 2.42. The van der Waals surface area contributed by atoms with Gasteiger partial charge in [-0.2, -0.15) is 0 Å². The first-order valence-electron chi connectivity index (χ1n) is 4.70. The van der Waals surface area contributed by atoms with E-state index < -0.39 is 0 Å². The Kier molecular flexibility index (Phi) is 3.59. The minimum absolute atomic E-state index is 0.255. The number of aryl methyl sites for hydroxylation is 1. The van der Waals surface area contributed by atoms with E-state index in [1.54, 1.807) is 34.9 Å². The van der Waals surface area contributed by atoms with Gasteiger partial charge in [-0.05, 0) is 42.4 Å². The van der Waals surface area contributed by atoms with Crippen LogP contribution in [0.1, 0.15) is 21.7 Å². The summed E-state index contributed by atoms with van der Waals surface area (Å²) in [5.74, 6) is 0.255. The molecule has 1 aromatic rings. The Morgan fingerprint density at radius 1 is 1.33 bits per heavy atom. The highest BCUT2D eigenvalue weighted by atomic mass is 32.2. The molecule has 0 unspecified atom stereocenters. The maximum absolute atomic E-state index is 12.2. The third kappa shape index (κ3) is 2.03. The van der Waals surface area contributed by atoms with E-state index in [1.165, 1.54) is 9.80 Å². The summed E-state index contributed by atoms with van der Waals surface area (Å²) in [7, 11) is 0. The molecule has 0 bridgehead atoms. The number of hydrogen-bond donors (Lipinski definition) is 0. The molecular formula is C11H12OS3. The van der Waals surface area contributed by atoms with Crippen molar-refractivity contribution in [2.45, 2.75) is 12.8 Å². The molecule has 0 spiro atoms. The molecule has 0 aliphatic heterocycles. The van der Waals surface area contributed by atoms with Gasteiger partial charge in [-0.25, -0.2) is 0 Å². The first-order chi connectivity index (χ1) is 7.27. The van der Waals surface area contributed by atoms with E-state index in [4.69, 9.17) is 0 Å². The largest absolute Gasteiger partial charge is 0.288 e. The van der Waals surface area contributed by atoms with Gasteiger partial charge in [0.25, 0.3) is 0 Å². The van der Waals surface area contributed by atoms with Crippen LogP contribution in [0.3, 0.4) is 0 Å². The van der Waals surface area contributed by atoms with Crippen LogP contribution in [0.2, 0.25) is 0 Å². The zero-order valence-corrected chi connectivity index (χ0v) is 11.2. The molecule has 0 radical (unpaired) electrons. The van der Waals surface area contributed by atoms with Crippen molar-refractivity contribution in [2.24, 2.45) is 0 Å². The molecule has 0 N–H and O–H groups in total. The van der Waals surface area contributed by atoms with Crippen LogP contribution in [0, 0.1) is 0 Å². The van der Waals surface area contributed by atoms with Gasteiger partial charge in [-0.15, -0.1) is 34.9 Å². The summed E-state index contributed by atoms with van der Waals surface area (Å²) in [4.78, 5) is 13.1. The Morgan fingerprint density at radius 3 is 2.73 bits per heavy atom. The Hall–Kier alpha value is -0.190. The van der Waals surface area contributed by atoms with Gasteiger partial charge in [-0.1, -0.05) is 0 Å². The van der Waals surface area contributed by atoms with Crippen LogP contribution in [0.4, 0.5) is 0 Å². The zero-order valence-electron chi connectivity index (χ0n) is 8.70. The number of carbonyl (C=O) groups is 1. The molecule has 0 amide bonds. The van der Waals surface area contributed by atoms with Crippen molar-refractivity contribution < 1.29 is 4.79 Å². The SMILES string of the molecule is CSC(SC)=C1CCc2ccsc2C1=O. The zero-order chi connectivity index (χ0) is 10.8. The minimum atomic E-state index is 0.255. The van der Waals surface area contributed by atoms with Crippen molar-refractivity contribution in [1.29, 1.82) is 0 Å². The second-order valence-electron chi connectivity index (χ2n) is 3.28. The first kappa shape index (κ1) is 11.3. The average molecular weight is 256 g/mol. The van der Waals surface area contributed by atoms with E-state index in [0.717, 1.165) is 23.3 Å². The van der Waals surface area contributed by atoms with Crippen LogP contribution < -0.4 is 0 Å². The predicted molar refractivity (Wildman–Crippen MR) is 71.0 cm³/mol. The summed E-state index contributed by atoms with van der Waals surface area (Å²) in [6, 6.07) is 2.08. The van der Waals surface area contributed by atoms with Crippen molar-refractivity contribution in [1.82, 2.24) is 0 Å². The van der Waals surface area contributed by atoms with Crippen molar-refractivity contribution in [3.05, 3.63) is 31.7 Å². The van der Waals surface area contributed by atoms with Gasteiger partial charge in [0.2, 0.25) is 5.78 Å². The van der Waals surface area contributed by atoms with Crippen LogP contribution in [-0.2, 0) is 6.42 Å². The normalized spacial score (nSPS) is 15.3. The second kappa shape index (κ2) is 4.76. The highest BCUT2D eigenvalue weighted by Crippen LogP contribution is 2.36. The van der Waals surface area contributed by atoms with Gasteiger partial charge in [0.15, 0.2) is 0 Å². The second-order valence-corrected chi connectivity index (χ2v) is 6.09. The van der Waals surface area contributed by atoms with Crippen molar-refractivity contribution >= 4 is 40.6 Å². The fourth-order valence-corrected chi connectivity index (χ4v) is 4.24. The molecule has 0 saturated carbocycles. The van der Waals surface area contributed by atoms with Crippen LogP contribution in [-0.4, -0.2) is 18.3 Å². The molecule has 0 aromatic carbocycles. The summed E-state index contributed by atoms with van der Waals surface area (Å²) in [5, 5.41) is 2.02. The molecule has 4 heteroatoms. The lowest BCUT2D eigenvalue weighted by molar-refractivity contribution is 0.102. The lowest BCUT2D eigenvalue weighted by Gasteiger charge is -2.16. The number of ketones is 1. The average Bonchev–Trinajstić information content (AvgIpc) is 2.71. The van der Waals surface area contributed by atoms with E-state index >= 15 is 0 Å². The summed E-state index contributed by atoms with van der Waals surface area (Å²) in [6.07, 6.45) is 6.00. The topological polar surface area (TPSA) is 17.1 Å². The first-order valence-corrected chi connectivity index (χ1v) is 8.03. The van der Waals surface area contributed by atoms with Gasteiger partial charge in [-0.3, -0.25) is 4.79 Å². The number of Topliss-reactive ketones (excluding diaryl/α,β-unsaturated/α-hetero) is 1. The molecule has 15 heavy (non-hydrogen) atoms. The molecule has 2 rings (SSSR count). The number of thioether (sulfide) groups is 2. The number of allylic oxidation sites excluding steroid dienone is 1. The Labute approximate surface area is 102 Å². The van der Waals surface area contributed by atoms with Crippen LogP contribution in [0.5, 0.6) is 0 Å². The van der Waals surface area contributed by atoms with Gasteiger partial charge in [0.1, 0.15) is 0 Å².